The van der Waals surface area contributed by atoms with E-state index in [0.717, 1.165) is 0 Å². The van der Waals surface area contributed by atoms with Gasteiger partial charge in [-0.2, -0.15) is 0 Å². The Labute approximate surface area is 390 Å². The molecule has 0 radical (unpaired) electrons. The molecule has 0 saturated carbocycles. The highest BCUT2D eigenvalue weighted by molar-refractivity contribution is 4.71. The lowest BCUT2D eigenvalue weighted by Gasteiger charge is -2.48. The molecule has 0 aliphatic carbocycles. The predicted molar refractivity (Wildman–Crippen MR) is 273 cm³/mol. The number of halogens is 1. The summed E-state index contributed by atoms with van der Waals surface area (Å²) >= 11 is 0. The average Bonchev–Trinajstić information content (AvgIpc) is 3.23. The second kappa shape index (κ2) is 50.3. The van der Waals surface area contributed by atoms with Crippen LogP contribution < -0.4 is 12.4 Å². The van der Waals surface area contributed by atoms with Crippen LogP contribution in [0.4, 0.5) is 0 Å². The van der Waals surface area contributed by atoms with E-state index < -0.39 is 0 Å². The Morgan fingerprint density at radius 1 is 0.233 bits per heavy atom. The van der Waals surface area contributed by atoms with E-state index in [1.165, 1.54) is 332 Å². The SMILES string of the molecule is CCCCCCCCCCCCCCCCCCC(C)(C)[N+](C)(CCCCCCCCCCCCCCCCCC)CCCCCCCCCCCCCCCCCC.[Cl-]. The highest BCUT2D eigenvalue weighted by Gasteiger charge is 2.38. The number of hydrogen-bond donors (Lipinski definition) is 0. The molecule has 2 heteroatoms. The van der Waals surface area contributed by atoms with E-state index in [4.69, 9.17) is 0 Å². The zero-order chi connectivity index (χ0) is 43.1. The van der Waals surface area contributed by atoms with Gasteiger partial charge in [0.15, 0.2) is 0 Å². The summed E-state index contributed by atoms with van der Waals surface area (Å²) in [6.07, 6.45) is 71.8. The van der Waals surface area contributed by atoms with Crippen LogP contribution in [0.3, 0.4) is 0 Å². The largest absolute Gasteiger partial charge is 1.00 e. The Morgan fingerprint density at radius 3 is 0.567 bits per heavy atom. The van der Waals surface area contributed by atoms with E-state index in [2.05, 4.69) is 41.7 Å². The summed E-state index contributed by atoms with van der Waals surface area (Å²) in [7, 11) is 2.67. The number of quaternary nitrogens is 1. The van der Waals surface area contributed by atoms with Gasteiger partial charge in [-0.25, -0.2) is 0 Å². The van der Waals surface area contributed by atoms with Crippen LogP contribution in [0.2, 0.25) is 0 Å². The molecule has 0 saturated heterocycles. The molecular weight excluding hydrogens is 746 g/mol. The first-order valence-corrected chi connectivity index (χ1v) is 28.8. The second-order valence-electron chi connectivity index (χ2n) is 21.3. The highest BCUT2D eigenvalue weighted by Crippen LogP contribution is 2.31. The third-order valence-electron chi connectivity index (χ3n) is 15.1. The quantitative estimate of drug-likeness (QED) is 0.0422. The molecule has 0 atom stereocenters. The first-order valence-electron chi connectivity index (χ1n) is 28.8. The van der Waals surface area contributed by atoms with Crippen LogP contribution in [-0.2, 0) is 0 Å². The number of unbranched alkanes of at least 4 members (excludes halogenated alkanes) is 45. The summed E-state index contributed by atoms with van der Waals surface area (Å²) in [6, 6.07) is 0. The fourth-order valence-electron chi connectivity index (χ4n) is 10.1. The summed E-state index contributed by atoms with van der Waals surface area (Å²) in [5.41, 5.74) is 0.404. The first-order chi connectivity index (χ1) is 28.9. The van der Waals surface area contributed by atoms with Crippen molar-refractivity contribution in [1.29, 1.82) is 0 Å². The maximum absolute atomic E-state index is 2.67. The van der Waals surface area contributed by atoms with E-state index in [-0.39, 0.29) is 12.4 Å². The average molecular weight is 867 g/mol. The summed E-state index contributed by atoms with van der Waals surface area (Å²) in [5.74, 6) is 0. The molecule has 0 amide bonds. The summed E-state index contributed by atoms with van der Waals surface area (Å²) in [5, 5.41) is 0. The fraction of sp³-hybridized carbons (Fsp3) is 1.00. The zero-order valence-electron chi connectivity index (χ0n) is 43.4. The van der Waals surface area contributed by atoms with Crippen LogP contribution in [-0.4, -0.2) is 30.2 Å². The minimum absolute atomic E-state index is 0. The zero-order valence-corrected chi connectivity index (χ0v) is 44.1. The number of hydrogen-bond acceptors (Lipinski definition) is 0. The molecule has 0 fully saturated rings. The smallest absolute Gasteiger partial charge is 0.0933 e. The molecule has 60 heavy (non-hydrogen) atoms. The van der Waals surface area contributed by atoms with Gasteiger partial charge >= 0.3 is 0 Å². The van der Waals surface area contributed by atoms with Crippen molar-refractivity contribution < 1.29 is 16.9 Å². The van der Waals surface area contributed by atoms with E-state index in [9.17, 15) is 0 Å². The van der Waals surface area contributed by atoms with Crippen molar-refractivity contribution in [1.82, 2.24) is 0 Å². The van der Waals surface area contributed by atoms with Gasteiger partial charge in [-0.3, -0.25) is 0 Å². The molecule has 0 rings (SSSR count). The van der Waals surface area contributed by atoms with Crippen molar-refractivity contribution in [2.75, 3.05) is 20.1 Å². The molecule has 0 aromatic carbocycles. The lowest BCUT2D eigenvalue weighted by Crippen LogP contribution is -3.00. The monoisotopic (exact) mass is 866 g/mol. The van der Waals surface area contributed by atoms with E-state index in [0.29, 0.717) is 5.54 Å². The third kappa shape index (κ3) is 43.5. The van der Waals surface area contributed by atoms with Gasteiger partial charge in [0.2, 0.25) is 0 Å². The van der Waals surface area contributed by atoms with Gasteiger partial charge < -0.3 is 16.9 Å². The highest BCUT2D eigenvalue weighted by atomic mass is 35.5. The molecule has 0 unspecified atom stereocenters. The number of nitrogens with zero attached hydrogens (tertiary/aromatic N) is 1. The van der Waals surface area contributed by atoms with Crippen molar-refractivity contribution in [3.8, 4) is 0 Å². The van der Waals surface area contributed by atoms with Gasteiger partial charge in [0.25, 0.3) is 0 Å². The van der Waals surface area contributed by atoms with Gasteiger partial charge in [-0.15, -0.1) is 0 Å². The third-order valence-corrected chi connectivity index (χ3v) is 15.1. The van der Waals surface area contributed by atoms with Crippen LogP contribution in [0.5, 0.6) is 0 Å². The van der Waals surface area contributed by atoms with Crippen LogP contribution in [0.15, 0.2) is 0 Å². The summed E-state index contributed by atoms with van der Waals surface area (Å²) < 4.78 is 1.32. The van der Waals surface area contributed by atoms with Crippen LogP contribution in [0.1, 0.15) is 349 Å². The minimum Gasteiger partial charge on any atom is -1.00 e. The van der Waals surface area contributed by atoms with E-state index in [1.54, 1.807) is 0 Å². The molecule has 364 valence electrons. The van der Waals surface area contributed by atoms with Crippen molar-refractivity contribution in [3.63, 3.8) is 0 Å². The molecular formula is C58H120ClN. The standard InChI is InChI=1S/C58H120N.ClH/c1-7-10-13-16-19-22-25-28-31-34-37-40-43-46-49-52-55-58(4,5)59(6,56-53-50-47-44-41-38-35-32-29-26-23-20-17-14-11-8-2)57-54-51-48-45-42-39-36-33-30-27-24-21-18-15-12-9-3;/h7-57H2,1-6H3;1H/q+1;/p-1. The van der Waals surface area contributed by atoms with E-state index in [1.807, 2.05) is 0 Å². The van der Waals surface area contributed by atoms with Crippen molar-refractivity contribution in [2.45, 2.75) is 355 Å². The van der Waals surface area contributed by atoms with Crippen molar-refractivity contribution >= 4 is 0 Å². The van der Waals surface area contributed by atoms with Gasteiger partial charge in [-0.1, -0.05) is 297 Å². The lowest BCUT2D eigenvalue weighted by atomic mass is 9.90. The normalized spacial score (nSPS) is 12.1. The Balaban J connectivity index is 0. The summed E-state index contributed by atoms with van der Waals surface area (Å²) in [4.78, 5) is 0. The topological polar surface area (TPSA) is 0 Å². The second-order valence-corrected chi connectivity index (χ2v) is 21.3. The maximum Gasteiger partial charge on any atom is 0.0933 e. The molecule has 0 heterocycles. The van der Waals surface area contributed by atoms with Crippen LogP contribution in [0, 0.1) is 0 Å². The van der Waals surface area contributed by atoms with Crippen molar-refractivity contribution in [3.05, 3.63) is 0 Å². The van der Waals surface area contributed by atoms with Gasteiger partial charge in [-0.05, 0) is 46.0 Å². The van der Waals surface area contributed by atoms with Crippen molar-refractivity contribution in [2.24, 2.45) is 0 Å². The predicted octanol–water partition coefficient (Wildman–Crippen LogP) is 18.4. The molecule has 0 aromatic rings. The minimum atomic E-state index is 0. The van der Waals surface area contributed by atoms with Gasteiger partial charge in [0.05, 0.1) is 25.7 Å². The molecule has 0 spiro atoms. The Kier molecular flexibility index (Phi) is 52.2. The lowest BCUT2D eigenvalue weighted by molar-refractivity contribution is -0.956. The fourth-order valence-corrected chi connectivity index (χ4v) is 10.1. The Bertz CT molecular complexity index is 726. The molecule has 0 aromatic heterocycles. The van der Waals surface area contributed by atoms with Gasteiger partial charge in [0, 0.05) is 6.42 Å². The molecule has 0 bridgehead atoms. The Hall–Kier alpha value is 0.250. The molecule has 0 N–H and O–H groups in total. The molecule has 0 aliphatic heterocycles. The molecule has 1 nitrogen and oxygen atoms in total. The van der Waals surface area contributed by atoms with Crippen LogP contribution in [0.25, 0.3) is 0 Å². The Morgan fingerprint density at radius 2 is 0.383 bits per heavy atom. The summed E-state index contributed by atoms with van der Waals surface area (Å²) in [6.45, 7) is 15.1. The van der Waals surface area contributed by atoms with Crippen LogP contribution >= 0.6 is 0 Å². The number of rotatable bonds is 52. The van der Waals surface area contributed by atoms with Gasteiger partial charge in [0.1, 0.15) is 0 Å². The van der Waals surface area contributed by atoms with E-state index >= 15 is 0 Å². The molecule has 0 aliphatic rings. The maximum atomic E-state index is 2.67. The first kappa shape index (κ1) is 62.3.